The van der Waals surface area contributed by atoms with Crippen molar-refractivity contribution in [2.45, 2.75) is 12.8 Å². The number of nitrogens with zero attached hydrogens (tertiary/aromatic N) is 3. The fourth-order valence-corrected chi connectivity index (χ4v) is 3.78. The van der Waals surface area contributed by atoms with Gasteiger partial charge in [0.25, 0.3) is 5.91 Å². The van der Waals surface area contributed by atoms with E-state index in [0.29, 0.717) is 41.0 Å². The van der Waals surface area contributed by atoms with Crippen LogP contribution in [0.5, 0.6) is 5.75 Å². The minimum atomic E-state index is -0.241. The van der Waals surface area contributed by atoms with Crippen LogP contribution in [0.15, 0.2) is 54.9 Å². The summed E-state index contributed by atoms with van der Waals surface area (Å²) < 4.78 is 5.33. The first-order valence-electron chi connectivity index (χ1n) is 9.35. The topological polar surface area (TPSA) is 72.4 Å². The molecule has 0 N–H and O–H groups in total. The summed E-state index contributed by atoms with van der Waals surface area (Å²) in [5, 5.41) is 0. The molecule has 0 radical (unpaired) electrons. The SMILES string of the molecule is COc1ccccc1C(=O)[C@@H]1CCCN(C(=O)c2cccc3nccnc23)C1. The lowest BCUT2D eigenvalue weighted by atomic mass is 9.89. The number of aromatic nitrogens is 2. The van der Waals surface area contributed by atoms with Crippen molar-refractivity contribution in [1.82, 2.24) is 14.9 Å². The number of Topliss-reactive ketones (excluding diaryl/α,β-unsaturated/α-hetero) is 1. The molecule has 1 amide bonds. The molecule has 1 aliphatic rings. The molecule has 0 aliphatic carbocycles. The average molecular weight is 375 g/mol. The van der Waals surface area contributed by atoms with E-state index < -0.39 is 0 Å². The van der Waals surface area contributed by atoms with Crippen LogP contribution in [0.2, 0.25) is 0 Å². The Bertz CT molecular complexity index is 1030. The van der Waals surface area contributed by atoms with Gasteiger partial charge >= 0.3 is 0 Å². The lowest BCUT2D eigenvalue weighted by molar-refractivity contribution is 0.0637. The average Bonchev–Trinajstić information content (AvgIpc) is 2.77. The molecule has 4 rings (SSSR count). The normalized spacial score (nSPS) is 16.8. The summed E-state index contributed by atoms with van der Waals surface area (Å²) in [5.41, 5.74) is 2.37. The van der Waals surface area contributed by atoms with E-state index in [0.717, 1.165) is 12.8 Å². The maximum Gasteiger partial charge on any atom is 0.256 e. The molecule has 1 saturated heterocycles. The maximum absolute atomic E-state index is 13.2. The number of benzene rings is 2. The van der Waals surface area contributed by atoms with E-state index in [-0.39, 0.29) is 17.6 Å². The predicted octanol–water partition coefficient (Wildman–Crippen LogP) is 3.37. The summed E-state index contributed by atoms with van der Waals surface area (Å²) in [7, 11) is 1.56. The first-order chi connectivity index (χ1) is 13.7. The largest absolute Gasteiger partial charge is 0.496 e. The number of fused-ring (bicyclic) bond motifs is 1. The van der Waals surface area contributed by atoms with Crippen LogP contribution >= 0.6 is 0 Å². The maximum atomic E-state index is 13.2. The van der Waals surface area contributed by atoms with Gasteiger partial charge < -0.3 is 9.64 Å². The number of carbonyl (C=O) groups excluding carboxylic acids is 2. The Morgan fingerprint density at radius 3 is 2.68 bits per heavy atom. The number of hydrogen-bond acceptors (Lipinski definition) is 5. The summed E-state index contributed by atoms with van der Waals surface area (Å²) in [4.78, 5) is 36.6. The number of ketones is 1. The fourth-order valence-electron chi connectivity index (χ4n) is 3.78. The minimum absolute atomic E-state index is 0.0210. The zero-order valence-electron chi connectivity index (χ0n) is 15.7. The second-order valence-corrected chi connectivity index (χ2v) is 6.88. The van der Waals surface area contributed by atoms with Gasteiger partial charge in [-0.1, -0.05) is 18.2 Å². The highest BCUT2D eigenvalue weighted by Gasteiger charge is 2.31. The van der Waals surface area contributed by atoms with Crippen molar-refractivity contribution in [1.29, 1.82) is 0 Å². The molecule has 0 spiro atoms. The van der Waals surface area contributed by atoms with Crippen molar-refractivity contribution in [2.75, 3.05) is 20.2 Å². The van der Waals surface area contributed by atoms with E-state index in [4.69, 9.17) is 4.74 Å². The van der Waals surface area contributed by atoms with Crippen molar-refractivity contribution in [3.8, 4) is 5.75 Å². The van der Waals surface area contributed by atoms with Gasteiger partial charge in [-0.05, 0) is 37.1 Å². The standard InChI is InChI=1S/C22H21N3O3/c1-28-19-10-3-2-7-16(19)21(26)15-6-5-13-25(14-15)22(27)17-8-4-9-18-20(17)24-12-11-23-18/h2-4,7-12,15H,5-6,13-14H2,1H3/t15-/m1/s1. The number of carbonyl (C=O) groups is 2. The lowest BCUT2D eigenvalue weighted by Crippen LogP contribution is -2.42. The number of piperidine rings is 1. The molecular formula is C22H21N3O3. The Kier molecular flexibility index (Phi) is 5.02. The van der Waals surface area contributed by atoms with E-state index >= 15 is 0 Å². The van der Waals surface area contributed by atoms with Crippen molar-refractivity contribution >= 4 is 22.7 Å². The van der Waals surface area contributed by atoms with E-state index in [1.165, 1.54) is 0 Å². The van der Waals surface area contributed by atoms with Gasteiger partial charge in [0.15, 0.2) is 5.78 Å². The number of hydrogen-bond donors (Lipinski definition) is 0. The third-order valence-corrected chi connectivity index (χ3v) is 5.18. The van der Waals surface area contributed by atoms with E-state index in [9.17, 15) is 9.59 Å². The third-order valence-electron chi connectivity index (χ3n) is 5.18. The highest BCUT2D eigenvalue weighted by atomic mass is 16.5. The predicted molar refractivity (Wildman–Crippen MR) is 105 cm³/mol. The van der Waals surface area contributed by atoms with Gasteiger partial charge in [0.1, 0.15) is 11.3 Å². The highest BCUT2D eigenvalue weighted by molar-refractivity contribution is 6.05. The fraction of sp³-hybridized carbons (Fsp3) is 0.273. The number of methoxy groups -OCH3 is 1. The number of ether oxygens (including phenoxy) is 1. The Labute approximate surface area is 163 Å². The smallest absolute Gasteiger partial charge is 0.256 e. The molecule has 0 saturated carbocycles. The number of amides is 1. The van der Waals surface area contributed by atoms with Crippen molar-refractivity contribution in [2.24, 2.45) is 5.92 Å². The molecule has 2 aromatic carbocycles. The van der Waals surface area contributed by atoms with E-state index in [1.807, 2.05) is 24.3 Å². The molecule has 0 unspecified atom stereocenters. The minimum Gasteiger partial charge on any atom is -0.496 e. The molecule has 1 aliphatic heterocycles. The second-order valence-electron chi connectivity index (χ2n) is 6.88. The first kappa shape index (κ1) is 18.1. The molecule has 1 fully saturated rings. The highest BCUT2D eigenvalue weighted by Crippen LogP contribution is 2.27. The molecule has 2 heterocycles. The Hall–Kier alpha value is -3.28. The molecule has 0 bridgehead atoms. The van der Waals surface area contributed by atoms with Gasteiger partial charge in [0.2, 0.25) is 0 Å². The first-order valence-corrected chi connectivity index (χ1v) is 9.35. The zero-order valence-corrected chi connectivity index (χ0v) is 15.7. The molecule has 6 heteroatoms. The molecule has 1 aromatic heterocycles. The quantitative estimate of drug-likeness (QED) is 0.654. The Morgan fingerprint density at radius 1 is 1.04 bits per heavy atom. The van der Waals surface area contributed by atoms with Crippen LogP contribution in [0.1, 0.15) is 33.6 Å². The van der Waals surface area contributed by atoms with E-state index in [1.54, 1.807) is 42.6 Å². The zero-order chi connectivity index (χ0) is 19.5. The summed E-state index contributed by atoms with van der Waals surface area (Å²) in [5.74, 6) is 0.242. The van der Waals surface area contributed by atoms with Crippen LogP contribution in [0.4, 0.5) is 0 Å². The van der Waals surface area contributed by atoms with Crippen LogP contribution in [-0.2, 0) is 0 Å². The summed E-state index contributed by atoms with van der Waals surface area (Å²) >= 11 is 0. The summed E-state index contributed by atoms with van der Waals surface area (Å²) in [6.07, 6.45) is 4.74. The van der Waals surface area contributed by atoms with Gasteiger partial charge in [-0.25, -0.2) is 0 Å². The van der Waals surface area contributed by atoms with Crippen molar-refractivity contribution in [3.63, 3.8) is 0 Å². The van der Waals surface area contributed by atoms with Gasteiger partial charge in [-0.15, -0.1) is 0 Å². The third kappa shape index (κ3) is 3.33. The monoisotopic (exact) mass is 375 g/mol. The molecular weight excluding hydrogens is 354 g/mol. The number of para-hydroxylation sites is 2. The Morgan fingerprint density at radius 2 is 1.82 bits per heavy atom. The summed E-state index contributed by atoms with van der Waals surface area (Å²) in [6, 6.07) is 12.7. The molecule has 6 nitrogen and oxygen atoms in total. The van der Waals surface area contributed by atoms with Crippen LogP contribution in [0.3, 0.4) is 0 Å². The number of likely N-dealkylation sites (tertiary alicyclic amines) is 1. The second kappa shape index (κ2) is 7.76. The van der Waals surface area contributed by atoms with Crippen LogP contribution in [0.25, 0.3) is 11.0 Å². The van der Waals surface area contributed by atoms with Gasteiger partial charge in [-0.2, -0.15) is 0 Å². The van der Waals surface area contributed by atoms with Crippen LogP contribution in [0, 0.1) is 5.92 Å². The molecule has 28 heavy (non-hydrogen) atoms. The van der Waals surface area contributed by atoms with E-state index in [2.05, 4.69) is 9.97 Å². The Balaban J connectivity index is 1.58. The van der Waals surface area contributed by atoms with Crippen LogP contribution in [-0.4, -0.2) is 46.8 Å². The molecule has 1 atom stereocenters. The van der Waals surface area contributed by atoms with Gasteiger partial charge in [0.05, 0.1) is 23.8 Å². The number of rotatable bonds is 4. The van der Waals surface area contributed by atoms with Gasteiger partial charge in [0, 0.05) is 31.4 Å². The van der Waals surface area contributed by atoms with Crippen molar-refractivity contribution in [3.05, 3.63) is 66.0 Å². The molecule has 142 valence electrons. The van der Waals surface area contributed by atoms with Crippen molar-refractivity contribution < 1.29 is 14.3 Å². The summed E-state index contributed by atoms with van der Waals surface area (Å²) in [6.45, 7) is 1.03. The van der Waals surface area contributed by atoms with Gasteiger partial charge in [-0.3, -0.25) is 19.6 Å². The molecule has 3 aromatic rings. The van der Waals surface area contributed by atoms with Crippen LogP contribution < -0.4 is 4.74 Å². The lowest BCUT2D eigenvalue weighted by Gasteiger charge is -2.32.